The highest BCUT2D eigenvalue weighted by Crippen LogP contribution is 2.14. The summed E-state index contributed by atoms with van der Waals surface area (Å²) >= 11 is 0. The molecular weight excluding hydrogens is 331 g/mol. The lowest BCUT2D eigenvalue weighted by Crippen LogP contribution is -2.37. The molecular formula is C19H21FN6. The van der Waals surface area contributed by atoms with E-state index in [9.17, 15) is 4.39 Å². The average Bonchev–Trinajstić information content (AvgIpc) is 3.20. The molecule has 0 spiro atoms. The van der Waals surface area contributed by atoms with E-state index < -0.39 is 0 Å². The Balaban J connectivity index is 1.51. The zero-order chi connectivity index (χ0) is 18.2. The molecule has 0 bridgehead atoms. The molecule has 2 heterocycles. The number of hydrogen-bond donors (Lipinski definition) is 2. The van der Waals surface area contributed by atoms with Crippen LogP contribution in [0.3, 0.4) is 0 Å². The first-order valence-corrected chi connectivity index (χ1v) is 8.37. The van der Waals surface area contributed by atoms with E-state index in [-0.39, 0.29) is 5.82 Å². The van der Waals surface area contributed by atoms with E-state index in [4.69, 9.17) is 0 Å². The van der Waals surface area contributed by atoms with Gasteiger partial charge in [-0.25, -0.2) is 9.37 Å². The zero-order valence-electron chi connectivity index (χ0n) is 14.6. The van der Waals surface area contributed by atoms with Crippen LogP contribution in [0.1, 0.15) is 11.3 Å². The Kier molecular flexibility index (Phi) is 5.92. The number of aromatic nitrogens is 3. The van der Waals surface area contributed by atoms with Gasteiger partial charge in [0.1, 0.15) is 5.82 Å². The Hall–Kier alpha value is -3.22. The zero-order valence-corrected chi connectivity index (χ0v) is 14.6. The van der Waals surface area contributed by atoms with Crippen molar-refractivity contribution in [2.24, 2.45) is 4.99 Å². The van der Waals surface area contributed by atoms with Gasteiger partial charge in [-0.05, 0) is 29.8 Å². The first kappa shape index (κ1) is 17.6. The van der Waals surface area contributed by atoms with Crippen LogP contribution in [0, 0.1) is 5.82 Å². The number of hydrogen-bond acceptors (Lipinski definition) is 3. The van der Waals surface area contributed by atoms with Crippen LogP contribution in [0.4, 0.5) is 4.39 Å². The molecule has 1 aromatic carbocycles. The third-order valence-corrected chi connectivity index (χ3v) is 3.88. The lowest BCUT2D eigenvalue weighted by molar-refractivity contribution is 0.615. The van der Waals surface area contributed by atoms with E-state index in [0.717, 1.165) is 17.7 Å². The fraction of sp³-hybridized carbons (Fsp3) is 0.211. The quantitative estimate of drug-likeness (QED) is 0.528. The second-order valence-electron chi connectivity index (χ2n) is 5.68. The number of rotatable bonds is 6. The van der Waals surface area contributed by atoms with Gasteiger partial charge in [-0.15, -0.1) is 0 Å². The average molecular weight is 352 g/mol. The molecule has 3 rings (SSSR count). The van der Waals surface area contributed by atoms with Gasteiger partial charge in [0.05, 0.1) is 12.0 Å². The van der Waals surface area contributed by atoms with Gasteiger partial charge in [-0.2, -0.15) is 0 Å². The summed E-state index contributed by atoms with van der Waals surface area (Å²) in [5.74, 6) is 0.375. The lowest BCUT2D eigenvalue weighted by atomic mass is 10.2. The van der Waals surface area contributed by atoms with E-state index in [1.807, 2.05) is 24.3 Å². The van der Waals surface area contributed by atoms with E-state index >= 15 is 0 Å². The molecule has 0 saturated carbocycles. The normalized spacial score (nSPS) is 11.4. The number of pyridine rings is 1. The monoisotopic (exact) mass is 352 g/mol. The fourth-order valence-corrected chi connectivity index (χ4v) is 2.53. The van der Waals surface area contributed by atoms with Gasteiger partial charge in [-0.1, -0.05) is 12.1 Å². The number of guanidine groups is 1. The summed E-state index contributed by atoms with van der Waals surface area (Å²) in [6, 6.07) is 11.0. The summed E-state index contributed by atoms with van der Waals surface area (Å²) < 4.78 is 15.9. The van der Waals surface area contributed by atoms with Crippen LogP contribution < -0.4 is 10.6 Å². The summed E-state index contributed by atoms with van der Waals surface area (Å²) in [5.41, 5.74) is 2.33. The summed E-state index contributed by atoms with van der Waals surface area (Å²) in [6.07, 6.45) is 7.49. The van der Waals surface area contributed by atoms with E-state index in [1.165, 1.54) is 6.07 Å². The summed E-state index contributed by atoms with van der Waals surface area (Å²) in [6.45, 7) is 1.19. The summed E-state index contributed by atoms with van der Waals surface area (Å²) in [4.78, 5) is 12.4. The summed E-state index contributed by atoms with van der Waals surface area (Å²) in [5, 5.41) is 6.42. The predicted octanol–water partition coefficient (Wildman–Crippen LogP) is 2.31. The summed E-state index contributed by atoms with van der Waals surface area (Å²) in [7, 11) is 1.71. The van der Waals surface area contributed by atoms with Crippen molar-refractivity contribution in [2.75, 3.05) is 13.6 Å². The maximum Gasteiger partial charge on any atom is 0.191 e. The Labute approximate surface area is 151 Å². The first-order valence-electron chi connectivity index (χ1n) is 8.37. The maximum absolute atomic E-state index is 14.3. The Morgan fingerprint density at radius 1 is 1.19 bits per heavy atom. The minimum atomic E-state index is -0.291. The van der Waals surface area contributed by atoms with Crippen molar-refractivity contribution in [1.29, 1.82) is 0 Å². The van der Waals surface area contributed by atoms with Crippen molar-refractivity contribution in [3.63, 3.8) is 0 Å². The number of benzene rings is 1. The van der Waals surface area contributed by atoms with Crippen molar-refractivity contribution in [2.45, 2.75) is 13.0 Å². The van der Waals surface area contributed by atoms with Crippen molar-refractivity contribution in [3.05, 3.63) is 78.4 Å². The second-order valence-corrected chi connectivity index (χ2v) is 5.68. The van der Waals surface area contributed by atoms with Gasteiger partial charge in [0, 0.05) is 50.8 Å². The number of halogens is 1. The number of aliphatic imine (C=N–C) groups is 1. The molecule has 0 aliphatic carbocycles. The molecule has 0 saturated heterocycles. The first-order chi connectivity index (χ1) is 12.8. The van der Waals surface area contributed by atoms with Gasteiger partial charge in [0.25, 0.3) is 0 Å². The molecule has 26 heavy (non-hydrogen) atoms. The van der Waals surface area contributed by atoms with Crippen molar-refractivity contribution < 1.29 is 4.39 Å². The minimum Gasteiger partial charge on any atom is -0.356 e. The number of imidazole rings is 1. The van der Waals surface area contributed by atoms with Crippen LogP contribution in [-0.2, 0) is 13.0 Å². The van der Waals surface area contributed by atoms with Crippen LogP contribution in [0.15, 0.2) is 66.3 Å². The third-order valence-electron chi connectivity index (χ3n) is 3.88. The largest absolute Gasteiger partial charge is 0.356 e. The molecule has 0 aliphatic rings. The highest BCUT2D eigenvalue weighted by molar-refractivity contribution is 5.79. The van der Waals surface area contributed by atoms with Crippen LogP contribution in [0.5, 0.6) is 0 Å². The van der Waals surface area contributed by atoms with Gasteiger partial charge < -0.3 is 15.2 Å². The fourth-order valence-electron chi connectivity index (χ4n) is 2.53. The maximum atomic E-state index is 14.3. The smallest absolute Gasteiger partial charge is 0.191 e. The molecule has 0 fully saturated rings. The van der Waals surface area contributed by atoms with Crippen molar-refractivity contribution in [3.8, 4) is 5.69 Å². The van der Waals surface area contributed by atoms with Crippen LogP contribution in [0.2, 0.25) is 0 Å². The molecule has 0 unspecified atom stereocenters. The van der Waals surface area contributed by atoms with Gasteiger partial charge in [0.2, 0.25) is 0 Å². The van der Waals surface area contributed by atoms with Gasteiger partial charge in [0.15, 0.2) is 5.96 Å². The molecule has 0 radical (unpaired) electrons. The topological polar surface area (TPSA) is 67.1 Å². The SMILES string of the molecule is CN=C(NCCc1ccccn1)NCc1ccc(-n2ccnc2)c(F)c1. The molecule has 134 valence electrons. The third kappa shape index (κ3) is 4.66. The van der Waals surface area contributed by atoms with Gasteiger partial charge in [-0.3, -0.25) is 9.98 Å². The molecule has 2 N–H and O–H groups in total. The Morgan fingerprint density at radius 3 is 2.81 bits per heavy atom. The number of nitrogens with one attached hydrogen (secondary N) is 2. The Morgan fingerprint density at radius 2 is 2.12 bits per heavy atom. The molecule has 6 nitrogen and oxygen atoms in total. The second kappa shape index (κ2) is 8.75. The van der Waals surface area contributed by atoms with Crippen LogP contribution in [-0.4, -0.2) is 34.1 Å². The molecule has 3 aromatic rings. The standard InChI is InChI=1S/C19H21FN6/c1-21-19(24-9-7-16-4-2-3-8-23-16)25-13-15-5-6-18(17(20)12-15)26-11-10-22-14-26/h2-6,8,10-12,14H,7,9,13H2,1H3,(H2,21,24,25). The Bertz CT molecular complexity index is 846. The van der Waals surface area contributed by atoms with Gasteiger partial charge >= 0.3 is 0 Å². The van der Waals surface area contributed by atoms with Crippen LogP contribution in [0.25, 0.3) is 5.69 Å². The highest BCUT2D eigenvalue weighted by Gasteiger charge is 2.06. The van der Waals surface area contributed by atoms with Crippen LogP contribution >= 0.6 is 0 Å². The van der Waals surface area contributed by atoms with E-state index in [2.05, 4.69) is 25.6 Å². The molecule has 0 atom stereocenters. The van der Waals surface area contributed by atoms with Crippen molar-refractivity contribution >= 4 is 5.96 Å². The lowest BCUT2D eigenvalue weighted by Gasteiger charge is -2.12. The van der Waals surface area contributed by atoms with Crippen molar-refractivity contribution in [1.82, 2.24) is 25.2 Å². The minimum absolute atomic E-state index is 0.291. The van der Waals surface area contributed by atoms with E-state index in [1.54, 1.807) is 42.6 Å². The number of nitrogens with zero attached hydrogens (tertiary/aromatic N) is 4. The highest BCUT2D eigenvalue weighted by atomic mass is 19.1. The van der Waals surface area contributed by atoms with E-state index in [0.29, 0.717) is 24.7 Å². The molecule has 2 aromatic heterocycles. The predicted molar refractivity (Wildman–Crippen MR) is 99.7 cm³/mol. The molecule has 0 aliphatic heterocycles. The molecule has 0 amide bonds. The molecule has 7 heteroatoms.